The Kier molecular flexibility index (Phi) is 37.9. The maximum Gasteiger partial charge on any atom is 0.472 e. The first-order chi connectivity index (χ1) is 27.2. The lowest BCUT2D eigenvalue weighted by Crippen LogP contribution is -2.29. The number of carbonyl (C=O) groups excluding carboxylic acids is 2. The number of nitrogens with two attached hydrogens (primary N) is 1. The van der Waals surface area contributed by atoms with E-state index < -0.39 is 38.6 Å². The van der Waals surface area contributed by atoms with Crippen molar-refractivity contribution in [3.8, 4) is 0 Å². The Morgan fingerprint density at radius 1 is 0.625 bits per heavy atom. The maximum atomic E-state index is 12.6. The van der Waals surface area contributed by atoms with Crippen LogP contribution in [0.15, 0.2) is 97.2 Å². The van der Waals surface area contributed by atoms with Crippen LogP contribution in [0.2, 0.25) is 0 Å². The summed E-state index contributed by atoms with van der Waals surface area (Å²) in [5.74, 6) is -0.932. The number of hydrogen-bond donors (Lipinski definition) is 3. The molecule has 56 heavy (non-hydrogen) atoms. The average molecular weight is 804 g/mol. The SMILES string of the molecule is CC/C=C\C/C=C\C/C=C\C/C=C\C/C=C\CCCCCC(=O)OC[C@H](COP(=O)(O)OCCN)OC(=O)CCCCCCC/C=C/C=C/C(O)C/C=C/CC. The molecule has 318 valence electrons. The van der Waals surface area contributed by atoms with Crippen LogP contribution in [0.1, 0.15) is 136 Å². The first-order valence-electron chi connectivity index (χ1n) is 20.8. The molecule has 0 fully saturated rings. The van der Waals surface area contributed by atoms with Crippen molar-refractivity contribution in [1.82, 2.24) is 0 Å². The van der Waals surface area contributed by atoms with Gasteiger partial charge in [-0.25, -0.2) is 4.57 Å². The van der Waals surface area contributed by atoms with Crippen molar-refractivity contribution in [3.63, 3.8) is 0 Å². The van der Waals surface area contributed by atoms with Crippen LogP contribution in [0, 0.1) is 0 Å². The molecule has 0 aromatic rings. The van der Waals surface area contributed by atoms with Crippen molar-refractivity contribution < 1.29 is 42.7 Å². The standard InChI is InChI=1S/C45H74NO9P/c1-3-5-7-8-9-10-11-12-13-14-15-16-17-18-19-22-25-28-32-36-44(48)52-40-43(41-54-56(50,51)53-39-38-46)55-45(49)37-33-29-26-23-20-21-24-27-31-35-42(47)34-30-6-4-2/h5-7,9-10,12-13,15-16,18-19,24,27,30-31,35,42-43,47H,3-4,8,11,14,17,20-23,25-26,28-29,32-34,36-41,46H2,1-2H3,(H,50,51)/b7-5-,10-9-,13-12-,16-15-,19-18-,27-24+,30-6+,35-31+/t42?,43-/m1/s1. The molecule has 4 N–H and O–H groups in total. The Bertz CT molecular complexity index is 1250. The van der Waals surface area contributed by atoms with E-state index in [0.717, 1.165) is 89.9 Å². The van der Waals surface area contributed by atoms with Crippen molar-refractivity contribution >= 4 is 19.8 Å². The molecule has 0 aromatic heterocycles. The van der Waals surface area contributed by atoms with E-state index in [-0.39, 0.29) is 32.6 Å². The Morgan fingerprint density at radius 2 is 1.14 bits per heavy atom. The first kappa shape index (κ1) is 52.9. The van der Waals surface area contributed by atoms with Crippen molar-refractivity contribution in [1.29, 1.82) is 0 Å². The van der Waals surface area contributed by atoms with Gasteiger partial charge in [0, 0.05) is 19.4 Å². The molecule has 0 bridgehead atoms. The van der Waals surface area contributed by atoms with Crippen molar-refractivity contribution in [3.05, 3.63) is 97.2 Å². The molecular formula is C45H74NO9P. The Balaban J connectivity index is 4.33. The van der Waals surface area contributed by atoms with E-state index in [4.69, 9.17) is 24.3 Å². The Labute approximate surface area is 339 Å². The molecule has 0 aliphatic heterocycles. The molecule has 0 radical (unpaired) electrons. The zero-order valence-corrected chi connectivity index (χ0v) is 35.3. The average Bonchev–Trinajstić information content (AvgIpc) is 3.18. The van der Waals surface area contributed by atoms with Crippen LogP contribution in [0.25, 0.3) is 0 Å². The molecule has 0 aliphatic rings. The van der Waals surface area contributed by atoms with Gasteiger partial charge in [-0.05, 0) is 83.5 Å². The fraction of sp³-hybridized carbons (Fsp3) is 0.600. The number of aliphatic hydroxyl groups excluding tert-OH is 1. The molecule has 0 saturated carbocycles. The van der Waals surface area contributed by atoms with Crippen molar-refractivity contribution in [2.24, 2.45) is 5.73 Å². The van der Waals surface area contributed by atoms with Crippen LogP contribution in [0.3, 0.4) is 0 Å². The third kappa shape index (κ3) is 39.1. The number of hydrogen-bond acceptors (Lipinski definition) is 9. The minimum Gasteiger partial charge on any atom is -0.462 e. The second-order valence-corrected chi connectivity index (χ2v) is 14.7. The van der Waals surface area contributed by atoms with Gasteiger partial charge in [-0.3, -0.25) is 18.6 Å². The van der Waals surface area contributed by atoms with E-state index in [2.05, 4.69) is 80.7 Å². The Hall–Kier alpha value is -3.11. The largest absolute Gasteiger partial charge is 0.472 e. The number of carbonyl (C=O) groups is 2. The predicted octanol–water partition coefficient (Wildman–Crippen LogP) is 10.8. The summed E-state index contributed by atoms with van der Waals surface area (Å²) < 4.78 is 32.7. The summed E-state index contributed by atoms with van der Waals surface area (Å²) in [6, 6.07) is 0. The van der Waals surface area contributed by atoms with Gasteiger partial charge in [-0.1, -0.05) is 137 Å². The van der Waals surface area contributed by atoms with E-state index in [1.54, 1.807) is 6.08 Å². The van der Waals surface area contributed by atoms with Crippen LogP contribution >= 0.6 is 7.82 Å². The van der Waals surface area contributed by atoms with Crippen molar-refractivity contribution in [2.75, 3.05) is 26.4 Å². The molecular weight excluding hydrogens is 729 g/mol. The van der Waals surface area contributed by atoms with Crippen LogP contribution in [0.5, 0.6) is 0 Å². The van der Waals surface area contributed by atoms with Gasteiger partial charge in [0.25, 0.3) is 0 Å². The molecule has 0 spiro atoms. The van der Waals surface area contributed by atoms with Crippen LogP contribution in [0.4, 0.5) is 0 Å². The quantitative estimate of drug-likeness (QED) is 0.0182. The van der Waals surface area contributed by atoms with E-state index in [1.165, 1.54) is 0 Å². The highest BCUT2D eigenvalue weighted by Crippen LogP contribution is 2.43. The number of unbranched alkanes of at least 4 members (excludes halogenated alkanes) is 8. The molecule has 0 heterocycles. The van der Waals surface area contributed by atoms with Gasteiger partial charge in [0.05, 0.1) is 19.3 Å². The normalized spacial score (nSPS) is 14.9. The molecule has 3 atom stereocenters. The summed E-state index contributed by atoms with van der Waals surface area (Å²) in [5.41, 5.74) is 5.33. The molecule has 10 nitrogen and oxygen atoms in total. The number of phosphoric acid groups is 1. The molecule has 0 aliphatic carbocycles. The summed E-state index contributed by atoms with van der Waals surface area (Å²) >= 11 is 0. The fourth-order valence-electron chi connectivity index (χ4n) is 4.99. The highest BCUT2D eigenvalue weighted by molar-refractivity contribution is 7.47. The lowest BCUT2D eigenvalue weighted by Gasteiger charge is -2.19. The van der Waals surface area contributed by atoms with Gasteiger partial charge in [0.2, 0.25) is 0 Å². The van der Waals surface area contributed by atoms with Crippen LogP contribution in [-0.2, 0) is 32.7 Å². The summed E-state index contributed by atoms with van der Waals surface area (Å²) in [7, 11) is -4.41. The smallest absolute Gasteiger partial charge is 0.462 e. The molecule has 0 amide bonds. The highest BCUT2D eigenvalue weighted by atomic mass is 31.2. The number of aliphatic hydroxyl groups is 1. The summed E-state index contributed by atoms with van der Waals surface area (Å²) in [5, 5.41) is 9.87. The highest BCUT2D eigenvalue weighted by Gasteiger charge is 2.26. The monoisotopic (exact) mass is 804 g/mol. The number of allylic oxidation sites excluding steroid dienone is 14. The van der Waals surface area contributed by atoms with Gasteiger partial charge in [-0.2, -0.15) is 0 Å². The topological polar surface area (TPSA) is 155 Å². The van der Waals surface area contributed by atoms with Gasteiger partial charge < -0.3 is 25.2 Å². The van der Waals surface area contributed by atoms with Gasteiger partial charge in [-0.15, -0.1) is 0 Å². The molecule has 2 unspecified atom stereocenters. The van der Waals surface area contributed by atoms with Gasteiger partial charge in [0.1, 0.15) is 6.61 Å². The Morgan fingerprint density at radius 3 is 1.77 bits per heavy atom. The third-order valence-electron chi connectivity index (χ3n) is 8.05. The summed E-state index contributed by atoms with van der Waals surface area (Å²) in [6.07, 6.45) is 47.7. The lowest BCUT2D eigenvalue weighted by molar-refractivity contribution is -0.161. The summed E-state index contributed by atoms with van der Waals surface area (Å²) in [6.45, 7) is 3.29. The number of ether oxygens (including phenoxy) is 2. The van der Waals surface area contributed by atoms with Crippen molar-refractivity contribution in [2.45, 2.75) is 148 Å². The zero-order chi connectivity index (χ0) is 41.2. The molecule has 11 heteroatoms. The number of esters is 2. The maximum absolute atomic E-state index is 12.6. The predicted molar refractivity (Wildman–Crippen MR) is 230 cm³/mol. The van der Waals surface area contributed by atoms with Gasteiger partial charge >= 0.3 is 19.8 Å². The second kappa shape index (κ2) is 40.1. The van der Waals surface area contributed by atoms with Gasteiger partial charge in [0.15, 0.2) is 6.10 Å². The zero-order valence-electron chi connectivity index (χ0n) is 34.4. The van der Waals surface area contributed by atoms with E-state index in [1.807, 2.05) is 24.3 Å². The van der Waals surface area contributed by atoms with E-state index in [0.29, 0.717) is 19.3 Å². The summed E-state index contributed by atoms with van der Waals surface area (Å²) in [4.78, 5) is 34.8. The van der Waals surface area contributed by atoms with Crippen LogP contribution in [-0.4, -0.2) is 60.5 Å². The molecule has 0 saturated heterocycles. The first-order valence-corrected chi connectivity index (χ1v) is 22.3. The minimum absolute atomic E-state index is 0.0305. The second-order valence-electron chi connectivity index (χ2n) is 13.3. The number of phosphoric ester groups is 1. The fourth-order valence-corrected chi connectivity index (χ4v) is 5.75. The minimum atomic E-state index is -4.41. The van der Waals surface area contributed by atoms with E-state index >= 15 is 0 Å². The lowest BCUT2D eigenvalue weighted by atomic mass is 10.1. The third-order valence-corrected chi connectivity index (χ3v) is 9.03. The number of rotatable bonds is 37. The van der Waals surface area contributed by atoms with Crippen LogP contribution < -0.4 is 5.73 Å². The van der Waals surface area contributed by atoms with E-state index in [9.17, 15) is 24.2 Å². The molecule has 0 rings (SSSR count). The molecule has 0 aromatic carbocycles.